The zero-order valence-electron chi connectivity index (χ0n) is 17.9. The van der Waals surface area contributed by atoms with Crippen molar-refractivity contribution in [1.82, 2.24) is 19.9 Å². The summed E-state index contributed by atoms with van der Waals surface area (Å²) in [5.41, 5.74) is 1.91. The third-order valence-electron chi connectivity index (χ3n) is 4.82. The van der Waals surface area contributed by atoms with Crippen molar-refractivity contribution < 1.29 is 14.3 Å². The number of hydrogen-bond acceptors (Lipinski definition) is 5. The monoisotopic (exact) mass is 543 g/mol. The zero-order valence-corrected chi connectivity index (χ0v) is 20.2. The fourth-order valence-corrected chi connectivity index (χ4v) is 3.74. The average Bonchev–Trinajstić information content (AvgIpc) is 3.27. The number of aromatic nitrogens is 3. The van der Waals surface area contributed by atoms with Gasteiger partial charge in [-0.05, 0) is 55.0 Å². The van der Waals surface area contributed by atoms with Gasteiger partial charge in [-0.2, -0.15) is 0 Å². The van der Waals surface area contributed by atoms with Gasteiger partial charge in [-0.15, -0.1) is 0 Å². The number of amides is 2. The lowest BCUT2D eigenvalue weighted by molar-refractivity contribution is 0.0517. The third kappa shape index (κ3) is 5.29. The predicted octanol–water partition coefficient (Wildman–Crippen LogP) is 4.63. The minimum Gasteiger partial charge on any atom is -0.461 e. The molecule has 0 aliphatic carbocycles. The average molecular weight is 545 g/mol. The van der Waals surface area contributed by atoms with Gasteiger partial charge in [0.2, 0.25) is 5.69 Å². The Labute approximate surface area is 207 Å². The minimum atomic E-state index is -0.794. The Morgan fingerprint density at radius 1 is 1.21 bits per heavy atom. The highest BCUT2D eigenvalue weighted by molar-refractivity contribution is 9.10. The molecule has 174 valence electrons. The molecule has 0 aliphatic heterocycles. The Hall–Kier alpha value is -3.63. The standard InChI is InChI=1S/C23H19BrClN5O4/c1-2-34-22(32)20-21(31)29-17-9-16(25)19(10-18(17)28-20)30-8-7-13(12-30)11-26-23(33)27-15-5-3-14(24)4-6-15/h3-10,12H,2,11H2,1H3,(H,29,31)(H2,26,27,33). The van der Waals surface area contributed by atoms with Crippen molar-refractivity contribution >= 4 is 56.3 Å². The number of urea groups is 1. The van der Waals surface area contributed by atoms with E-state index in [9.17, 15) is 14.4 Å². The van der Waals surface area contributed by atoms with Crippen molar-refractivity contribution in [3.8, 4) is 5.69 Å². The van der Waals surface area contributed by atoms with Crippen LogP contribution in [0.4, 0.5) is 10.5 Å². The zero-order chi connectivity index (χ0) is 24.2. The lowest BCUT2D eigenvalue weighted by Crippen LogP contribution is -2.27. The highest BCUT2D eigenvalue weighted by Crippen LogP contribution is 2.25. The van der Waals surface area contributed by atoms with Gasteiger partial charge >= 0.3 is 12.0 Å². The normalized spacial score (nSPS) is 10.8. The number of benzene rings is 2. The topological polar surface area (TPSA) is 118 Å². The number of carbonyl (C=O) groups excluding carboxylic acids is 2. The number of nitrogens with zero attached hydrogens (tertiary/aromatic N) is 2. The van der Waals surface area contributed by atoms with Crippen molar-refractivity contribution in [3.05, 3.63) is 86.0 Å². The maximum absolute atomic E-state index is 12.2. The van der Waals surface area contributed by atoms with Crippen molar-refractivity contribution in [2.24, 2.45) is 0 Å². The number of carbonyl (C=O) groups is 2. The fourth-order valence-electron chi connectivity index (χ4n) is 3.22. The summed E-state index contributed by atoms with van der Waals surface area (Å²) < 4.78 is 7.58. The van der Waals surface area contributed by atoms with Gasteiger partial charge in [0.1, 0.15) is 0 Å². The van der Waals surface area contributed by atoms with Gasteiger partial charge in [0.25, 0.3) is 5.56 Å². The largest absolute Gasteiger partial charge is 0.461 e. The van der Waals surface area contributed by atoms with Gasteiger partial charge in [-0.3, -0.25) is 4.79 Å². The second kappa shape index (κ2) is 10.1. The summed E-state index contributed by atoms with van der Waals surface area (Å²) in [5.74, 6) is -0.794. The van der Waals surface area contributed by atoms with Gasteiger partial charge in [0.05, 0.1) is 28.4 Å². The molecule has 0 aliphatic rings. The molecule has 4 rings (SSSR count). The lowest BCUT2D eigenvalue weighted by Gasteiger charge is -2.09. The molecular formula is C23H19BrClN5O4. The quantitative estimate of drug-likeness (QED) is 0.306. The maximum atomic E-state index is 12.2. The molecule has 0 atom stereocenters. The van der Waals surface area contributed by atoms with Crippen LogP contribution in [0.3, 0.4) is 0 Å². The molecular weight excluding hydrogens is 526 g/mol. The van der Waals surface area contributed by atoms with Crippen LogP contribution in [0.15, 0.2) is 64.1 Å². The van der Waals surface area contributed by atoms with Gasteiger partial charge in [-0.25, -0.2) is 14.6 Å². The number of anilines is 1. The van der Waals surface area contributed by atoms with Gasteiger partial charge in [0.15, 0.2) is 0 Å². The molecule has 0 fully saturated rings. The lowest BCUT2D eigenvalue weighted by atomic mass is 10.2. The molecule has 0 saturated carbocycles. The molecule has 0 unspecified atom stereocenters. The molecule has 34 heavy (non-hydrogen) atoms. The molecule has 3 N–H and O–H groups in total. The number of ether oxygens (including phenoxy) is 1. The Morgan fingerprint density at radius 3 is 2.71 bits per heavy atom. The van der Waals surface area contributed by atoms with E-state index in [1.165, 1.54) is 0 Å². The number of halogens is 2. The molecule has 2 aromatic heterocycles. The predicted molar refractivity (Wildman–Crippen MR) is 133 cm³/mol. The van der Waals surface area contributed by atoms with E-state index in [0.717, 1.165) is 10.0 Å². The van der Waals surface area contributed by atoms with E-state index in [-0.39, 0.29) is 18.3 Å². The number of fused-ring (bicyclic) bond motifs is 1. The Balaban J connectivity index is 1.51. The van der Waals surface area contributed by atoms with Crippen LogP contribution in [0.5, 0.6) is 0 Å². The van der Waals surface area contributed by atoms with Crippen LogP contribution in [0.1, 0.15) is 23.0 Å². The number of hydrogen-bond donors (Lipinski definition) is 3. The first-order chi connectivity index (χ1) is 16.3. The van der Waals surface area contributed by atoms with E-state index in [1.807, 2.05) is 24.4 Å². The summed E-state index contributed by atoms with van der Waals surface area (Å²) >= 11 is 9.79. The smallest absolute Gasteiger partial charge is 0.362 e. The highest BCUT2D eigenvalue weighted by atomic mass is 79.9. The van der Waals surface area contributed by atoms with E-state index in [2.05, 4.69) is 36.5 Å². The van der Waals surface area contributed by atoms with E-state index in [4.69, 9.17) is 16.3 Å². The van der Waals surface area contributed by atoms with Crippen molar-refractivity contribution in [2.45, 2.75) is 13.5 Å². The second-order valence-corrected chi connectivity index (χ2v) is 8.52. The van der Waals surface area contributed by atoms with E-state index in [0.29, 0.717) is 34.0 Å². The first-order valence-corrected chi connectivity index (χ1v) is 11.4. The van der Waals surface area contributed by atoms with Crippen LogP contribution >= 0.6 is 27.5 Å². The Kier molecular flexibility index (Phi) is 6.99. The van der Waals surface area contributed by atoms with Crippen molar-refractivity contribution in [1.29, 1.82) is 0 Å². The fraction of sp³-hybridized carbons (Fsp3) is 0.130. The number of nitrogens with one attached hydrogen (secondary N) is 3. The summed E-state index contributed by atoms with van der Waals surface area (Å²) in [6.45, 7) is 2.07. The van der Waals surface area contributed by atoms with Gasteiger partial charge < -0.3 is 24.9 Å². The summed E-state index contributed by atoms with van der Waals surface area (Å²) in [6.07, 6.45) is 3.60. The van der Waals surface area contributed by atoms with Crippen molar-refractivity contribution in [3.63, 3.8) is 0 Å². The molecule has 9 nitrogen and oxygen atoms in total. The summed E-state index contributed by atoms with van der Waals surface area (Å²) in [5, 5.41) is 5.93. The molecule has 0 saturated heterocycles. The van der Waals surface area contributed by atoms with Crippen molar-refractivity contribution in [2.75, 3.05) is 11.9 Å². The van der Waals surface area contributed by atoms with E-state index >= 15 is 0 Å². The third-order valence-corrected chi connectivity index (χ3v) is 5.65. The van der Waals surface area contributed by atoms with Gasteiger partial charge in [-0.1, -0.05) is 27.5 Å². The number of aromatic amines is 1. The molecule has 2 heterocycles. The molecule has 0 bridgehead atoms. The first kappa shape index (κ1) is 23.5. The second-order valence-electron chi connectivity index (χ2n) is 7.20. The van der Waals surface area contributed by atoms with Crippen LogP contribution in [0.2, 0.25) is 5.02 Å². The molecule has 2 aromatic carbocycles. The number of rotatable bonds is 6. The van der Waals surface area contributed by atoms with Crippen LogP contribution in [-0.4, -0.2) is 33.1 Å². The molecule has 4 aromatic rings. The summed E-state index contributed by atoms with van der Waals surface area (Å²) in [4.78, 5) is 43.1. The van der Waals surface area contributed by atoms with Crippen LogP contribution in [0.25, 0.3) is 16.7 Å². The number of H-pyrrole nitrogens is 1. The van der Waals surface area contributed by atoms with Gasteiger partial charge in [0, 0.05) is 29.1 Å². The molecule has 0 spiro atoms. The summed E-state index contributed by atoms with van der Waals surface area (Å²) in [6, 6.07) is 12.0. The summed E-state index contributed by atoms with van der Waals surface area (Å²) in [7, 11) is 0. The molecule has 11 heteroatoms. The molecule has 2 amide bonds. The van der Waals surface area contributed by atoms with Crippen LogP contribution < -0.4 is 16.2 Å². The highest BCUT2D eigenvalue weighted by Gasteiger charge is 2.16. The number of esters is 1. The first-order valence-electron chi connectivity index (χ1n) is 10.2. The maximum Gasteiger partial charge on any atom is 0.362 e. The van der Waals surface area contributed by atoms with E-state index in [1.54, 1.807) is 42.0 Å². The van der Waals surface area contributed by atoms with E-state index < -0.39 is 11.5 Å². The van der Waals surface area contributed by atoms with Crippen LogP contribution in [0, 0.1) is 0 Å². The Morgan fingerprint density at radius 2 is 1.97 bits per heavy atom. The SMILES string of the molecule is CCOC(=O)c1nc2cc(-n3ccc(CNC(=O)Nc4ccc(Br)cc4)c3)c(Cl)cc2[nH]c1=O. The molecule has 0 radical (unpaired) electrons. The Bertz CT molecular complexity index is 1430. The minimum absolute atomic E-state index is 0.130. The van der Waals surface area contributed by atoms with Crippen LogP contribution in [-0.2, 0) is 11.3 Å².